The van der Waals surface area contributed by atoms with Crippen LogP contribution < -0.4 is 4.72 Å². The first-order valence-electron chi connectivity index (χ1n) is 4.80. The molecule has 0 amide bonds. The number of esters is 1. The van der Waals surface area contributed by atoms with Crippen LogP contribution in [0.4, 0.5) is 4.39 Å². The number of carbonyl (C=O) groups is 1. The molecular formula is C10H12FNO4S. The van der Waals surface area contributed by atoms with Crippen LogP contribution in [0, 0.1) is 5.82 Å². The van der Waals surface area contributed by atoms with Crippen LogP contribution in [-0.4, -0.2) is 27.5 Å². The summed E-state index contributed by atoms with van der Waals surface area (Å²) in [5.74, 6) is -0.991. The van der Waals surface area contributed by atoms with E-state index in [4.69, 9.17) is 0 Å². The van der Waals surface area contributed by atoms with Crippen molar-refractivity contribution in [2.75, 3.05) is 13.2 Å². The summed E-state index contributed by atoms with van der Waals surface area (Å²) in [4.78, 5) is 10.4. The van der Waals surface area contributed by atoms with E-state index in [0.717, 1.165) is 24.3 Å². The number of nitrogens with one attached hydrogen (secondary N) is 1. The SMILES string of the molecule is CC(=O)OCCNS(=O)(=O)c1ccc(F)cc1. The molecule has 0 atom stereocenters. The molecule has 1 aromatic carbocycles. The van der Waals surface area contributed by atoms with E-state index in [1.807, 2.05) is 0 Å². The van der Waals surface area contributed by atoms with Crippen molar-refractivity contribution < 1.29 is 22.3 Å². The van der Waals surface area contributed by atoms with Crippen molar-refractivity contribution in [1.82, 2.24) is 4.72 Å². The van der Waals surface area contributed by atoms with Gasteiger partial charge in [-0.2, -0.15) is 0 Å². The van der Waals surface area contributed by atoms with Crippen molar-refractivity contribution in [2.45, 2.75) is 11.8 Å². The van der Waals surface area contributed by atoms with Crippen LogP contribution in [0.15, 0.2) is 29.2 Å². The van der Waals surface area contributed by atoms with Crippen molar-refractivity contribution >= 4 is 16.0 Å². The zero-order valence-electron chi connectivity index (χ0n) is 9.14. The van der Waals surface area contributed by atoms with Crippen LogP contribution in [-0.2, 0) is 19.6 Å². The average molecular weight is 261 g/mol. The van der Waals surface area contributed by atoms with E-state index in [9.17, 15) is 17.6 Å². The Hall–Kier alpha value is -1.47. The Labute approximate surface area is 98.6 Å². The highest BCUT2D eigenvalue weighted by atomic mass is 32.2. The first-order chi connectivity index (χ1) is 7.92. The molecule has 0 aliphatic rings. The second-order valence-electron chi connectivity index (χ2n) is 3.19. The highest BCUT2D eigenvalue weighted by Crippen LogP contribution is 2.08. The van der Waals surface area contributed by atoms with Crippen molar-refractivity contribution in [3.8, 4) is 0 Å². The molecule has 0 heterocycles. The Morgan fingerprint density at radius 3 is 2.47 bits per heavy atom. The molecule has 17 heavy (non-hydrogen) atoms. The number of halogens is 1. The number of rotatable bonds is 5. The van der Waals surface area contributed by atoms with Crippen LogP contribution in [0.25, 0.3) is 0 Å². The molecule has 94 valence electrons. The van der Waals surface area contributed by atoms with Crippen molar-refractivity contribution in [3.63, 3.8) is 0 Å². The number of ether oxygens (including phenoxy) is 1. The molecule has 1 rings (SSSR count). The third-order valence-electron chi connectivity index (χ3n) is 1.82. The summed E-state index contributed by atoms with van der Waals surface area (Å²) in [6.07, 6.45) is 0. The first kappa shape index (κ1) is 13.6. The predicted octanol–water partition coefficient (Wildman–Crippen LogP) is 0.667. The Bertz CT molecular complexity index is 484. The summed E-state index contributed by atoms with van der Waals surface area (Å²) in [6, 6.07) is 4.42. The van der Waals surface area contributed by atoms with Gasteiger partial charge in [0.1, 0.15) is 12.4 Å². The van der Waals surface area contributed by atoms with Gasteiger partial charge in [0.05, 0.1) is 4.90 Å². The summed E-state index contributed by atoms with van der Waals surface area (Å²) >= 11 is 0. The van der Waals surface area contributed by atoms with Gasteiger partial charge in [0.25, 0.3) is 0 Å². The zero-order chi connectivity index (χ0) is 12.9. The summed E-state index contributed by atoms with van der Waals surface area (Å²) in [6.45, 7) is 1.16. The monoisotopic (exact) mass is 261 g/mol. The van der Waals surface area contributed by atoms with E-state index in [2.05, 4.69) is 9.46 Å². The molecule has 0 aliphatic heterocycles. The maximum absolute atomic E-state index is 12.6. The molecule has 0 radical (unpaired) electrons. The summed E-state index contributed by atoms with van der Waals surface area (Å²) in [5.41, 5.74) is 0. The standard InChI is InChI=1S/C10H12FNO4S/c1-8(13)16-7-6-12-17(14,15)10-4-2-9(11)3-5-10/h2-5,12H,6-7H2,1H3. The fraction of sp³-hybridized carbons (Fsp3) is 0.300. The molecule has 0 bridgehead atoms. The van der Waals surface area contributed by atoms with Gasteiger partial charge in [-0.15, -0.1) is 0 Å². The highest BCUT2D eigenvalue weighted by molar-refractivity contribution is 7.89. The van der Waals surface area contributed by atoms with Gasteiger partial charge >= 0.3 is 5.97 Å². The lowest BCUT2D eigenvalue weighted by molar-refractivity contribution is -0.140. The molecule has 5 nitrogen and oxygen atoms in total. The van der Waals surface area contributed by atoms with Gasteiger partial charge in [0.15, 0.2) is 0 Å². The second-order valence-corrected chi connectivity index (χ2v) is 4.96. The third kappa shape index (κ3) is 4.49. The Morgan fingerprint density at radius 2 is 1.94 bits per heavy atom. The van der Waals surface area contributed by atoms with E-state index >= 15 is 0 Å². The zero-order valence-corrected chi connectivity index (χ0v) is 9.96. The quantitative estimate of drug-likeness (QED) is 0.624. The third-order valence-corrected chi connectivity index (χ3v) is 3.30. The molecule has 1 aromatic rings. The fourth-order valence-corrected chi connectivity index (χ4v) is 2.08. The molecule has 1 N–H and O–H groups in total. The maximum Gasteiger partial charge on any atom is 0.302 e. The van der Waals surface area contributed by atoms with Crippen LogP contribution in [0.2, 0.25) is 0 Å². The molecule has 7 heteroatoms. The van der Waals surface area contributed by atoms with E-state index in [0.29, 0.717) is 0 Å². The molecule has 0 saturated heterocycles. The minimum Gasteiger partial charge on any atom is -0.464 e. The van der Waals surface area contributed by atoms with Crippen molar-refractivity contribution in [3.05, 3.63) is 30.1 Å². The number of hydrogen-bond acceptors (Lipinski definition) is 4. The number of carbonyl (C=O) groups excluding carboxylic acids is 1. The Kier molecular flexibility index (Phi) is 4.59. The van der Waals surface area contributed by atoms with Crippen LogP contribution in [0.5, 0.6) is 0 Å². The average Bonchev–Trinajstić information content (AvgIpc) is 2.25. The number of sulfonamides is 1. The van der Waals surface area contributed by atoms with Gasteiger partial charge in [0.2, 0.25) is 10.0 Å². The molecule has 0 aliphatic carbocycles. The van der Waals surface area contributed by atoms with E-state index < -0.39 is 21.8 Å². The van der Waals surface area contributed by atoms with E-state index in [-0.39, 0.29) is 18.0 Å². The summed E-state index contributed by atoms with van der Waals surface area (Å²) < 4.78 is 42.6. The van der Waals surface area contributed by atoms with Crippen molar-refractivity contribution in [2.24, 2.45) is 0 Å². The second kappa shape index (κ2) is 5.74. The molecule has 0 saturated carbocycles. The van der Waals surface area contributed by atoms with Gasteiger partial charge < -0.3 is 4.74 Å². The van der Waals surface area contributed by atoms with E-state index in [1.165, 1.54) is 6.92 Å². The first-order valence-corrected chi connectivity index (χ1v) is 6.29. The minimum atomic E-state index is -3.68. The van der Waals surface area contributed by atoms with Crippen molar-refractivity contribution in [1.29, 1.82) is 0 Å². The molecule has 0 unspecified atom stereocenters. The minimum absolute atomic E-state index is 0.0285. The molecule has 0 fully saturated rings. The smallest absolute Gasteiger partial charge is 0.302 e. The predicted molar refractivity (Wildman–Crippen MR) is 58.2 cm³/mol. The van der Waals surface area contributed by atoms with Gasteiger partial charge in [0, 0.05) is 13.5 Å². The van der Waals surface area contributed by atoms with E-state index in [1.54, 1.807) is 0 Å². The fourth-order valence-electron chi connectivity index (χ4n) is 1.07. The summed E-state index contributed by atoms with van der Waals surface area (Å²) in [7, 11) is -3.68. The lowest BCUT2D eigenvalue weighted by atomic mass is 10.4. The van der Waals surface area contributed by atoms with Crippen LogP contribution in [0.3, 0.4) is 0 Å². The largest absolute Gasteiger partial charge is 0.464 e. The maximum atomic E-state index is 12.6. The Balaban J connectivity index is 2.57. The molecule has 0 aromatic heterocycles. The summed E-state index contributed by atoms with van der Waals surface area (Å²) in [5, 5.41) is 0. The van der Waals surface area contributed by atoms with Gasteiger partial charge in [-0.1, -0.05) is 0 Å². The lowest BCUT2D eigenvalue weighted by Gasteiger charge is -2.06. The van der Waals surface area contributed by atoms with Crippen LogP contribution in [0.1, 0.15) is 6.92 Å². The number of hydrogen-bond donors (Lipinski definition) is 1. The normalized spacial score (nSPS) is 11.2. The van der Waals surface area contributed by atoms with Crippen LogP contribution >= 0.6 is 0 Å². The highest BCUT2D eigenvalue weighted by Gasteiger charge is 2.13. The molecular weight excluding hydrogens is 249 g/mol. The topological polar surface area (TPSA) is 72.5 Å². The lowest BCUT2D eigenvalue weighted by Crippen LogP contribution is -2.27. The Morgan fingerprint density at radius 1 is 1.35 bits per heavy atom. The molecule has 0 spiro atoms. The van der Waals surface area contributed by atoms with Gasteiger partial charge in [-0.3, -0.25) is 4.79 Å². The number of benzene rings is 1. The van der Waals surface area contributed by atoms with Gasteiger partial charge in [-0.25, -0.2) is 17.5 Å². The van der Waals surface area contributed by atoms with Gasteiger partial charge in [-0.05, 0) is 24.3 Å².